The highest BCUT2D eigenvalue weighted by atomic mass is 16.4. The zero-order chi connectivity index (χ0) is 10.0. The number of hydrogen-bond donors (Lipinski definition) is 3. The molecule has 1 atom stereocenters. The molecule has 1 aromatic rings. The summed E-state index contributed by atoms with van der Waals surface area (Å²) in [5.41, 5.74) is 6.11. The molecule has 1 heterocycles. The fraction of sp³-hybridized carbons (Fsp3) is 0.250. The molecule has 0 aromatic carbocycles. The van der Waals surface area contributed by atoms with Crippen LogP contribution in [0.25, 0.3) is 0 Å². The van der Waals surface area contributed by atoms with Crippen LogP contribution in [0.4, 0.5) is 0 Å². The summed E-state index contributed by atoms with van der Waals surface area (Å²) in [5, 5.41) is 8.61. The fourth-order valence-electron chi connectivity index (χ4n) is 1.05. The second-order valence-corrected chi connectivity index (χ2v) is 2.75. The first kappa shape index (κ1) is 9.47. The minimum absolute atomic E-state index is 0.265. The summed E-state index contributed by atoms with van der Waals surface area (Å²) in [4.78, 5) is 23.7. The lowest BCUT2D eigenvalue weighted by molar-refractivity contribution is -0.138. The quantitative estimate of drug-likeness (QED) is 0.588. The van der Waals surface area contributed by atoms with Gasteiger partial charge in [0, 0.05) is 12.3 Å². The lowest BCUT2D eigenvalue weighted by Gasteiger charge is -2.08. The third-order valence-corrected chi connectivity index (χ3v) is 1.77. The molecule has 0 bridgehead atoms. The molecular formula is C8H10N2O3. The number of aromatic amines is 1. The lowest BCUT2D eigenvalue weighted by Crippen LogP contribution is -2.23. The third-order valence-electron chi connectivity index (χ3n) is 1.77. The Labute approximate surface area is 74.2 Å². The van der Waals surface area contributed by atoms with Gasteiger partial charge in [-0.15, -0.1) is 0 Å². The minimum Gasteiger partial charge on any atom is -0.480 e. The van der Waals surface area contributed by atoms with Crippen molar-refractivity contribution in [1.29, 1.82) is 0 Å². The SMILES string of the molecule is Cc1cc(=O)[nH]cc1[C@H](N)C(=O)O. The Balaban J connectivity index is 3.16. The van der Waals surface area contributed by atoms with Crippen molar-refractivity contribution in [3.63, 3.8) is 0 Å². The zero-order valence-electron chi connectivity index (χ0n) is 7.07. The van der Waals surface area contributed by atoms with Crippen LogP contribution < -0.4 is 11.3 Å². The van der Waals surface area contributed by atoms with Gasteiger partial charge < -0.3 is 15.8 Å². The lowest BCUT2D eigenvalue weighted by atomic mass is 10.1. The van der Waals surface area contributed by atoms with Crippen LogP contribution in [0.3, 0.4) is 0 Å². The number of aliphatic carboxylic acids is 1. The van der Waals surface area contributed by atoms with Gasteiger partial charge in [-0.3, -0.25) is 9.59 Å². The molecular weight excluding hydrogens is 172 g/mol. The number of H-pyrrole nitrogens is 1. The Kier molecular flexibility index (Phi) is 2.48. The van der Waals surface area contributed by atoms with Crippen molar-refractivity contribution < 1.29 is 9.90 Å². The molecule has 1 rings (SSSR count). The van der Waals surface area contributed by atoms with Crippen LogP contribution in [0, 0.1) is 6.92 Å². The molecule has 0 amide bonds. The number of carboxylic acids is 1. The highest BCUT2D eigenvalue weighted by Gasteiger charge is 2.16. The Morgan fingerprint density at radius 1 is 1.69 bits per heavy atom. The average molecular weight is 182 g/mol. The highest BCUT2D eigenvalue weighted by Crippen LogP contribution is 2.11. The van der Waals surface area contributed by atoms with Crippen LogP contribution in [-0.2, 0) is 4.79 Å². The predicted molar refractivity (Wildman–Crippen MR) is 46.4 cm³/mol. The zero-order valence-corrected chi connectivity index (χ0v) is 7.07. The Morgan fingerprint density at radius 2 is 2.31 bits per heavy atom. The summed E-state index contributed by atoms with van der Waals surface area (Å²) in [7, 11) is 0. The largest absolute Gasteiger partial charge is 0.480 e. The van der Waals surface area contributed by atoms with E-state index in [2.05, 4.69) is 4.98 Å². The number of carboxylic acid groups (broad SMARTS) is 1. The Bertz CT molecular complexity index is 383. The van der Waals surface area contributed by atoms with Gasteiger partial charge in [0.25, 0.3) is 0 Å². The van der Waals surface area contributed by atoms with Gasteiger partial charge in [0.05, 0.1) is 0 Å². The number of aryl methyl sites for hydroxylation is 1. The van der Waals surface area contributed by atoms with E-state index in [0.717, 1.165) is 0 Å². The summed E-state index contributed by atoms with van der Waals surface area (Å²) in [6.07, 6.45) is 1.33. The van der Waals surface area contributed by atoms with Crippen LogP contribution in [0.15, 0.2) is 17.1 Å². The van der Waals surface area contributed by atoms with E-state index in [0.29, 0.717) is 11.1 Å². The molecule has 5 heteroatoms. The number of nitrogens with one attached hydrogen (secondary N) is 1. The molecule has 0 fully saturated rings. The second kappa shape index (κ2) is 3.40. The van der Waals surface area contributed by atoms with E-state index in [9.17, 15) is 9.59 Å². The Morgan fingerprint density at radius 3 is 2.77 bits per heavy atom. The van der Waals surface area contributed by atoms with E-state index in [-0.39, 0.29) is 5.56 Å². The van der Waals surface area contributed by atoms with Gasteiger partial charge in [0.15, 0.2) is 0 Å². The van der Waals surface area contributed by atoms with Crippen LogP contribution in [0.2, 0.25) is 0 Å². The van der Waals surface area contributed by atoms with Crippen LogP contribution in [-0.4, -0.2) is 16.1 Å². The first-order valence-corrected chi connectivity index (χ1v) is 3.70. The number of pyridine rings is 1. The van der Waals surface area contributed by atoms with Gasteiger partial charge in [-0.1, -0.05) is 0 Å². The molecule has 0 spiro atoms. The predicted octanol–water partition coefficient (Wildman–Crippen LogP) is -0.232. The van der Waals surface area contributed by atoms with Crippen molar-refractivity contribution in [1.82, 2.24) is 4.98 Å². The van der Waals surface area contributed by atoms with Gasteiger partial charge in [-0.2, -0.15) is 0 Å². The monoisotopic (exact) mass is 182 g/mol. The standard InChI is InChI=1S/C8H10N2O3/c1-4-2-6(11)10-3-5(4)7(9)8(12)13/h2-3,7H,9H2,1H3,(H,10,11)(H,12,13)/t7-/m0/s1. The van der Waals surface area contributed by atoms with E-state index in [1.165, 1.54) is 12.3 Å². The highest BCUT2D eigenvalue weighted by molar-refractivity contribution is 5.75. The van der Waals surface area contributed by atoms with E-state index < -0.39 is 12.0 Å². The Hall–Kier alpha value is -1.62. The first-order chi connectivity index (χ1) is 6.02. The van der Waals surface area contributed by atoms with Crippen molar-refractivity contribution in [3.05, 3.63) is 33.7 Å². The molecule has 0 unspecified atom stereocenters. The first-order valence-electron chi connectivity index (χ1n) is 3.70. The summed E-state index contributed by atoms with van der Waals surface area (Å²) in [6, 6.07) is 0.231. The molecule has 4 N–H and O–H groups in total. The maximum atomic E-state index is 10.8. The van der Waals surface area contributed by atoms with Crippen molar-refractivity contribution in [3.8, 4) is 0 Å². The van der Waals surface area contributed by atoms with E-state index in [4.69, 9.17) is 10.8 Å². The molecule has 70 valence electrons. The topological polar surface area (TPSA) is 96.2 Å². The molecule has 0 radical (unpaired) electrons. The van der Waals surface area contributed by atoms with Crippen LogP contribution >= 0.6 is 0 Å². The maximum absolute atomic E-state index is 10.8. The minimum atomic E-state index is -1.12. The third kappa shape index (κ3) is 1.94. The number of carbonyl (C=O) groups is 1. The summed E-state index contributed by atoms with van der Waals surface area (Å²) in [6.45, 7) is 1.65. The van der Waals surface area contributed by atoms with Gasteiger partial charge in [0.2, 0.25) is 5.56 Å². The molecule has 0 saturated carbocycles. The molecule has 0 aliphatic heterocycles. The van der Waals surface area contributed by atoms with Crippen molar-refractivity contribution in [2.75, 3.05) is 0 Å². The van der Waals surface area contributed by atoms with Gasteiger partial charge in [0.1, 0.15) is 6.04 Å². The normalized spacial score (nSPS) is 12.5. The molecule has 0 aliphatic rings. The van der Waals surface area contributed by atoms with E-state index in [1.807, 2.05) is 0 Å². The molecule has 0 saturated heterocycles. The smallest absolute Gasteiger partial charge is 0.325 e. The number of rotatable bonds is 2. The molecule has 13 heavy (non-hydrogen) atoms. The van der Waals surface area contributed by atoms with Gasteiger partial charge in [-0.25, -0.2) is 0 Å². The summed E-state index contributed by atoms with van der Waals surface area (Å²) >= 11 is 0. The fourth-order valence-corrected chi connectivity index (χ4v) is 1.05. The van der Waals surface area contributed by atoms with Gasteiger partial charge in [-0.05, 0) is 18.1 Å². The molecule has 0 aliphatic carbocycles. The van der Waals surface area contributed by atoms with Crippen LogP contribution in [0.5, 0.6) is 0 Å². The van der Waals surface area contributed by atoms with E-state index >= 15 is 0 Å². The molecule has 1 aromatic heterocycles. The molecule has 5 nitrogen and oxygen atoms in total. The number of hydrogen-bond acceptors (Lipinski definition) is 3. The average Bonchev–Trinajstić information content (AvgIpc) is 2.03. The van der Waals surface area contributed by atoms with Gasteiger partial charge >= 0.3 is 5.97 Å². The summed E-state index contributed by atoms with van der Waals surface area (Å²) in [5.74, 6) is -1.12. The number of nitrogens with two attached hydrogens (primary N) is 1. The van der Waals surface area contributed by atoms with Crippen LogP contribution in [0.1, 0.15) is 17.2 Å². The maximum Gasteiger partial charge on any atom is 0.325 e. The summed E-state index contributed by atoms with van der Waals surface area (Å²) < 4.78 is 0. The number of aromatic nitrogens is 1. The van der Waals surface area contributed by atoms with Crippen molar-refractivity contribution in [2.24, 2.45) is 5.73 Å². The van der Waals surface area contributed by atoms with E-state index in [1.54, 1.807) is 6.92 Å². The second-order valence-electron chi connectivity index (χ2n) is 2.75. The van der Waals surface area contributed by atoms with Crippen molar-refractivity contribution >= 4 is 5.97 Å². The van der Waals surface area contributed by atoms with Crippen molar-refractivity contribution in [2.45, 2.75) is 13.0 Å².